The molecular weight excluding hydrogens is 268 g/mol. The molecule has 0 amide bonds. The molecule has 0 aliphatic rings. The number of hydrogen-bond donors (Lipinski definition) is 2. The van der Waals surface area contributed by atoms with Crippen molar-refractivity contribution in [3.63, 3.8) is 0 Å². The number of carboxylic acid groups (broad SMARTS) is 1. The van der Waals surface area contributed by atoms with Gasteiger partial charge in [0.1, 0.15) is 11.3 Å². The zero-order valence-corrected chi connectivity index (χ0v) is 9.39. The molecule has 0 saturated heterocycles. The van der Waals surface area contributed by atoms with Crippen LogP contribution in [0.25, 0.3) is 0 Å². The summed E-state index contributed by atoms with van der Waals surface area (Å²) in [5, 5.41) is 17.3. The first-order valence-electron chi connectivity index (χ1n) is 3.79. The Labute approximate surface area is 94.7 Å². The largest absolute Gasteiger partial charge is 0.507 e. The third-order valence-corrected chi connectivity index (χ3v) is 1.70. The van der Waals surface area contributed by atoms with E-state index in [2.05, 4.69) is 20.1 Å². The van der Waals surface area contributed by atoms with Crippen LogP contribution in [0.3, 0.4) is 0 Å². The zero-order valence-electron chi connectivity index (χ0n) is 7.81. The van der Waals surface area contributed by atoms with Gasteiger partial charge in [-0.2, -0.15) is 0 Å². The van der Waals surface area contributed by atoms with Gasteiger partial charge in [-0.1, -0.05) is 12.1 Å². The molecule has 0 unspecified atom stereocenters. The second-order valence-electron chi connectivity index (χ2n) is 2.39. The molecule has 0 aliphatic carbocycles. The normalized spacial score (nSPS) is 8.40. The van der Waals surface area contributed by atoms with E-state index in [0.717, 1.165) is 0 Å². The number of carbonyl (C=O) groups excluding carboxylic acids is 1. The summed E-state index contributed by atoms with van der Waals surface area (Å²) in [6.07, 6.45) is 0. The van der Waals surface area contributed by atoms with E-state index in [4.69, 9.17) is 10.2 Å². The molecular formula is C9H9BrO5. The van der Waals surface area contributed by atoms with Crippen molar-refractivity contribution in [3.05, 3.63) is 29.8 Å². The van der Waals surface area contributed by atoms with Crippen molar-refractivity contribution >= 4 is 28.2 Å². The Kier molecular flexibility index (Phi) is 6.12. The van der Waals surface area contributed by atoms with Gasteiger partial charge in [0.15, 0.2) is 16.3 Å². The molecule has 0 bridgehead atoms. The minimum absolute atomic E-state index is 0.0671. The topological polar surface area (TPSA) is 83.8 Å². The molecule has 82 valence electrons. The number of carbonyl (C=O) groups is 2. The molecule has 2 N–H and O–H groups in total. The fourth-order valence-electron chi connectivity index (χ4n) is 0.654. The highest BCUT2D eigenvalue weighted by Crippen LogP contribution is 2.14. The van der Waals surface area contributed by atoms with Gasteiger partial charge in [-0.3, -0.25) is 4.79 Å². The summed E-state index contributed by atoms with van der Waals surface area (Å²) in [5.74, 6) is -1.64. The van der Waals surface area contributed by atoms with Gasteiger partial charge in [0.2, 0.25) is 0 Å². The first kappa shape index (κ1) is 13.4. The summed E-state index contributed by atoms with van der Waals surface area (Å²) in [5.41, 5.74) is -0.0671. The smallest absolute Gasteiger partial charge is 0.339 e. The van der Waals surface area contributed by atoms with Crippen LogP contribution in [0, 0.1) is 0 Å². The van der Waals surface area contributed by atoms with Gasteiger partial charge >= 0.3 is 11.9 Å². The summed E-state index contributed by atoms with van der Waals surface area (Å²) >= 11 is 2.46. The minimum atomic E-state index is -1.11. The first-order valence-corrected chi connectivity index (χ1v) is 4.44. The van der Waals surface area contributed by atoms with Crippen LogP contribution < -0.4 is 0 Å². The van der Waals surface area contributed by atoms with Crippen LogP contribution in [-0.2, 0) is 8.62 Å². The molecule has 0 radical (unpaired) electrons. The Morgan fingerprint density at radius 2 is 1.80 bits per heavy atom. The van der Waals surface area contributed by atoms with E-state index in [1.807, 2.05) is 0 Å². The van der Waals surface area contributed by atoms with E-state index in [1.54, 1.807) is 12.1 Å². The van der Waals surface area contributed by atoms with Crippen LogP contribution in [0.5, 0.6) is 5.75 Å². The van der Waals surface area contributed by atoms with E-state index < -0.39 is 5.97 Å². The van der Waals surface area contributed by atoms with Crippen LogP contribution >= 0.6 is 16.3 Å². The van der Waals surface area contributed by atoms with Crippen molar-refractivity contribution in [2.24, 2.45) is 0 Å². The Balaban J connectivity index is 0.000000336. The highest BCUT2D eigenvalue weighted by Gasteiger charge is 2.05. The number of halogens is 1. The quantitative estimate of drug-likeness (QED) is 0.819. The van der Waals surface area contributed by atoms with Crippen molar-refractivity contribution in [2.45, 2.75) is 6.92 Å². The summed E-state index contributed by atoms with van der Waals surface area (Å²) in [7, 11) is 0. The Morgan fingerprint density at radius 3 is 2.07 bits per heavy atom. The van der Waals surface area contributed by atoms with Gasteiger partial charge in [-0.15, -0.1) is 0 Å². The molecule has 1 rings (SSSR count). The third-order valence-electron chi connectivity index (χ3n) is 1.24. The average Bonchev–Trinajstić information content (AvgIpc) is 2.19. The lowest BCUT2D eigenvalue weighted by molar-refractivity contribution is -0.129. The number of phenols is 1. The van der Waals surface area contributed by atoms with E-state index in [-0.39, 0.29) is 17.3 Å². The molecule has 1 aromatic rings. The predicted molar refractivity (Wildman–Crippen MR) is 55.8 cm³/mol. The van der Waals surface area contributed by atoms with Crippen molar-refractivity contribution < 1.29 is 23.6 Å². The lowest BCUT2D eigenvalue weighted by Crippen LogP contribution is -1.95. The average molecular weight is 277 g/mol. The van der Waals surface area contributed by atoms with Gasteiger partial charge in [0.25, 0.3) is 0 Å². The first-order chi connectivity index (χ1) is 6.99. The molecule has 5 nitrogen and oxygen atoms in total. The van der Waals surface area contributed by atoms with E-state index >= 15 is 0 Å². The number of aromatic hydroxyl groups is 1. The Morgan fingerprint density at radius 1 is 1.33 bits per heavy atom. The number of carboxylic acids is 1. The van der Waals surface area contributed by atoms with Crippen LogP contribution in [-0.4, -0.2) is 22.2 Å². The standard InChI is InChI=1S/C7H6O3.C2H3BrO2/c8-6-4-2-1-3-5(6)7(9)10;1-2(4)5-3/h1-4,8H,(H,9,10);1H3. The second-order valence-corrected chi connectivity index (χ2v) is 2.71. The Hall–Kier alpha value is -1.56. The van der Waals surface area contributed by atoms with Crippen molar-refractivity contribution in [2.75, 3.05) is 0 Å². The second kappa shape index (κ2) is 6.83. The number of hydrogen-bond acceptors (Lipinski definition) is 4. The molecule has 0 aliphatic heterocycles. The molecule has 0 heterocycles. The van der Waals surface area contributed by atoms with Gasteiger partial charge in [0.05, 0.1) is 0 Å². The van der Waals surface area contributed by atoms with E-state index in [9.17, 15) is 9.59 Å². The summed E-state index contributed by atoms with van der Waals surface area (Å²) in [6, 6.07) is 5.81. The molecule has 0 atom stereocenters. The van der Waals surface area contributed by atoms with Gasteiger partial charge in [-0.05, 0) is 12.1 Å². The van der Waals surface area contributed by atoms with Gasteiger partial charge in [0, 0.05) is 6.92 Å². The molecule has 0 fully saturated rings. The fourth-order valence-corrected chi connectivity index (χ4v) is 0.654. The van der Waals surface area contributed by atoms with Crippen molar-refractivity contribution in [3.8, 4) is 5.75 Å². The fraction of sp³-hybridized carbons (Fsp3) is 0.111. The maximum Gasteiger partial charge on any atom is 0.339 e. The highest BCUT2D eigenvalue weighted by atomic mass is 79.9. The minimum Gasteiger partial charge on any atom is -0.507 e. The van der Waals surface area contributed by atoms with Crippen molar-refractivity contribution in [1.82, 2.24) is 0 Å². The lowest BCUT2D eigenvalue weighted by atomic mass is 10.2. The predicted octanol–water partition coefficient (Wildman–Crippen LogP) is 1.95. The molecule has 0 spiro atoms. The summed E-state index contributed by atoms with van der Waals surface area (Å²) < 4.78 is 3.92. The van der Waals surface area contributed by atoms with E-state index in [0.29, 0.717) is 0 Å². The van der Waals surface area contributed by atoms with Gasteiger partial charge in [-0.25, -0.2) is 4.79 Å². The molecule has 6 heteroatoms. The number of rotatable bonds is 1. The molecule has 15 heavy (non-hydrogen) atoms. The summed E-state index contributed by atoms with van der Waals surface area (Å²) in [4.78, 5) is 19.8. The molecule has 0 saturated carbocycles. The monoisotopic (exact) mass is 276 g/mol. The van der Waals surface area contributed by atoms with Crippen LogP contribution in [0.15, 0.2) is 24.3 Å². The van der Waals surface area contributed by atoms with Crippen molar-refractivity contribution in [1.29, 1.82) is 0 Å². The maximum atomic E-state index is 10.3. The number of aromatic carboxylic acids is 1. The number of para-hydroxylation sites is 1. The van der Waals surface area contributed by atoms with Gasteiger partial charge < -0.3 is 14.0 Å². The highest BCUT2D eigenvalue weighted by molar-refractivity contribution is 9.06. The molecule has 1 aromatic carbocycles. The Bertz CT molecular complexity index is 350. The zero-order chi connectivity index (χ0) is 11.8. The maximum absolute atomic E-state index is 10.3. The third kappa shape index (κ3) is 5.69. The molecule has 0 aromatic heterocycles. The lowest BCUT2D eigenvalue weighted by Gasteiger charge is -1.95. The van der Waals surface area contributed by atoms with Crippen LogP contribution in [0.1, 0.15) is 17.3 Å². The summed E-state index contributed by atoms with van der Waals surface area (Å²) in [6.45, 7) is 1.31. The van der Waals surface area contributed by atoms with Crippen LogP contribution in [0.2, 0.25) is 0 Å². The number of benzene rings is 1. The SMILES string of the molecule is CC(=O)OBr.O=C(O)c1ccccc1O. The van der Waals surface area contributed by atoms with Crippen LogP contribution in [0.4, 0.5) is 0 Å². The van der Waals surface area contributed by atoms with E-state index in [1.165, 1.54) is 19.1 Å².